The van der Waals surface area contributed by atoms with E-state index < -0.39 is 17.7 Å². The third kappa shape index (κ3) is 5.40. The van der Waals surface area contributed by atoms with E-state index in [9.17, 15) is 24.6 Å². The Bertz CT molecular complexity index is 196. The van der Waals surface area contributed by atoms with Gasteiger partial charge in [-0.25, -0.2) is 0 Å². The van der Waals surface area contributed by atoms with Gasteiger partial charge in [0.25, 0.3) is 0 Å². The molecule has 0 aromatic heterocycles. The summed E-state index contributed by atoms with van der Waals surface area (Å²) in [6.07, 6.45) is 0.165. The summed E-state index contributed by atoms with van der Waals surface area (Å²) in [6, 6.07) is 0. The highest BCUT2D eigenvalue weighted by atomic mass is 16.4. The fourth-order valence-corrected chi connectivity index (χ4v) is 0.657. The van der Waals surface area contributed by atoms with Crippen molar-refractivity contribution in [2.24, 2.45) is 0 Å². The highest BCUT2D eigenvalue weighted by molar-refractivity contribution is 6.31. The Labute approximate surface area is 69.0 Å². The van der Waals surface area contributed by atoms with E-state index in [0.717, 1.165) is 0 Å². The molecule has 0 aromatic rings. The van der Waals surface area contributed by atoms with Gasteiger partial charge in [-0.15, -0.1) is 0 Å². The van der Waals surface area contributed by atoms with E-state index in [2.05, 4.69) is 0 Å². The van der Waals surface area contributed by atoms with Crippen LogP contribution in [-0.4, -0.2) is 17.7 Å². The van der Waals surface area contributed by atoms with Gasteiger partial charge in [0.05, 0.1) is 0 Å². The zero-order valence-electron chi connectivity index (χ0n) is 6.37. The number of hydrogen-bond acceptors (Lipinski definition) is 5. The lowest BCUT2D eigenvalue weighted by molar-refractivity contribution is -0.305. The first kappa shape index (κ1) is 10.6. The zero-order valence-corrected chi connectivity index (χ0v) is 6.37. The Morgan fingerprint density at radius 1 is 0.917 bits per heavy atom. The Kier molecular flexibility index (Phi) is 4.67. The number of unbranched alkanes of at least 4 members (excludes halogenated alkanes) is 1. The second kappa shape index (κ2) is 5.29. The molecule has 0 aromatic carbocycles. The van der Waals surface area contributed by atoms with Gasteiger partial charge in [0.1, 0.15) is 5.97 Å². The number of carbonyl (C=O) groups is 3. The maximum absolute atomic E-state index is 10.4. The predicted molar refractivity (Wildman–Crippen MR) is 33.5 cm³/mol. The van der Waals surface area contributed by atoms with Crippen molar-refractivity contribution in [2.45, 2.75) is 25.7 Å². The Balaban J connectivity index is 3.38. The van der Waals surface area contributed by atoms with Crippen molar-refractivity contribution >= 4 is 17.7 Å². The van der Waals surface area contributed by atoms with Crippen LogP contribution >= 0.6 is 0 Å². The van der Waals surface area contributed by atoms with E-state index in [0.29, 0.717) is 0 Å². The smallest absolute Gasteiger partial charge is 0.178 e. The van der Waals surface area contributed by atoms with Gasteiger partial charge in [-0.05, 0) is 19.3 Å². The lowest BCUT2D eigenvalue weighted by atomic mass is 10.1. The second-order valence-corrected chi connectivity index (χ2v) is 2.29. The molecule has 0 saturated heterocycles. The molecule has 0 heterocycles. The molecular formula is C7H8O5-2. The summed E-state index contributed by atoms with van der Waals surface area (Å²) in [5.41, 5.74) is 0. The minimum Gasteiger partial charge on any atom is -0.550 e. The van der Waals surface area contributed by atoms with Crippen molar-refractivity contribution in [2.75, 3.05) is 0 Å². The quantitative estimate of drug-likeness (QED) is 0.329. The third-order valence-electron chi connectivity index (χ3n) is 1.26. The minimum absolute atomic E-state index is 0.152. The van der Waals surface area contributed by atoms with Crippen molar-refractivity contribution in [1.29, 1.82) is 0 Å². The molecule has 5 nitrogen and oxygen atoms in total. The van der Waals surface area contributed by atoms with Gasteiger partial charge in [0.2, 0.25) is 0 Å². The molecule has 0 N–H and O–H groups in total. The van der Waals surface area contributed by atoms with Crippen LogP contribution in [0.4, 0.5) is 0 Å². The lowest BCUT2D eigenvalue weighted by Crippen LogP contribution is -2.31. The van der Waals surface area contributed by atoms with Crippen LogP contribution in [-0.2, 0) is 14.4 Å². The van der Waals surface area contributed by atoms with Crippen LogP contribution in [0.15, 0.2) is 0 Å². The molecule has 0 atom stereocenters. The normalized spacial score (nSPS) is 9.33. The SMILES string of the molecule is O=C([O-])CCCCC(=O)C(=O)[O-]. The zero-order chi connectivity index (χ0) is 9.56. The van der Waals surface area contributed by atoms with Gasteiger partial charge in [0.15, 0.2) is 5.78 Å². The van der Waals surface area contributed by atoms with Crippen molar-refractivity contribution in [3.8, 4) is 0 Å². The number of carboxylic acids is 2. The highest BCUT2D eigenvalue weighted by Crippen LogP contribution is 1.99. The number of ketones is 1. The van der Waals surface area contributed by atoms with E-state index in [1.165, 1.54) is 0 Å². The number of hydrogen-bond donors (Lipinski definition) is 0. The Morgan fingerprint density at radius 3 is 1.83 bits per heavy atom. The molecule has 0 radical (unpaired) electrons. The van der Waals surface area contributed by atoms with Gasteiger partial charge in [-0.1, -0.05) is 0 Å². The molecule has 5 heteroatoms. The average molecular weight is 172 g/mol. The van der Waals surface area contributed by atoms with E-state index >= 15 is 0 Å². The maximum Gasteiger partial charge on any atom is 0.178 e. The molecule has 68 valence electrons. The second-order valence-electron chi connectivity index (χ2n) is 2.29. The summed E-state index contributed by atoms with van der Waals surface area (Å²) in [6.45, 7) is 0. The highest BCUT2D eigenvalue weighted by Gasteiger charge is 2.01. The van der Waals surface area contributed by atoms with E-state index in [1.54, 1.807) is 0 Å². The first-order valence-corrected chi connectivity index (χ1v) is 3.48. The van der Waals surface area contributed by atoms with Gasteiger partial charge < -0.3 is 19.8 Å². The van der Waals surface area contributed by atoms with E-state index in [1.807, 2.05) is 0 Å². The topological polar surface area (TPSA) is 97.3 Å². The van der Waals surface area contributed by atoms with Crippen LogP contribution in [0.1, 0.15) is 25.7 Å². The molecule has 0 aliphatic rings. The van der Waals surface area contributed by atoms with Crippen LogP contribution in [0.2, 0.25) is 0 Å². The molecule has 0 unspecified atom stereocenters. The fraction of sp³-hybridized carbons (Fsp3) is 0.571. The number of carboxylic acid groups (broad SMARTS) is 2. The first-order valence-electron chi connectivity index (χ1n) is 3.48. The van der Waals surface area contributed by atoms with E-state index in [-0.39, 0.29) is 25.7 Å². The van der Waals surface area contributed by atoms with Crippen molar-refractivity contribution in [3.63, 3.8) is 0 Å². The van der Waals surface area contributed by atoms with Crippen LogP contribution in [0.5, 0.6) is 0 Å². The summed E-state index contributed by atoms with van der Waals surface area (Å²) in [7, 11) is 0. The number of Topliss-reactive ketones (excluding diaryl/α,β-unsaturated/α-hetero) is 1. The van der Waals surface area contributed by atoms with Crippen LogP contribution in [0.25, 0.3) is 0 Å². The minimum atomic E-state index is -1.72. The molecule has 0 fully saturated rings. The van der Waals surface area contributed by atoms with Crippen molar-refractivity contribution < 1.29 is 24.6 Å². The average Bonchev–Trinajstić information content (AvgIpc) is 1.97. The summed E-state index contributed by atoms with van der Waals surface area (Å²) in [5.74, 6) is -3.91. The summed E-state index contributed by atoms with van der Waals surface area (Å²) in [5, 5.41) is 19.7. The molecule has 0 aliphatic heterocycles. The van der Waals surface area contributed by atoms with Gasteiger partial charge in [-0.2, -0.15) is 0 Å². The Hall–Kier alpha value is -1.39. The molecule has 0 amide bonds. The van der Waals surface area contributed by atoms with Crippen LogP contribution < -0.4 is 10.2 Å². The monoisotopic (exact) mass is 172 g/mol. The molecule has 0 rings (SSSR count). The standard InChI is InChI=1S/C7H10O5/c8-5(7(11)12)3-1-2-4-6(9)10/h1-4H2,(H,9,10)(H,11,12)/p-2. The molecule has 0 bridgehead atoms. The molecule has 0 spiro atoms. The molecule has 12 heavy (non-hydrogen) atoms. The van der Waals surface area contributed by atoms with Gasteiger partial charge in [-0.3, -0.25) is 4.79 Å². The summed E-state index contributed by atoms with van der Waals surface area (Å²) >= 11 is 0. The fourth-order valence-electron chi connectivity index (χ4n) is 0.657. The number of aliphatic carboxylic acids is 2. The Morgan fingerprint density at radius 2 is 1.42 bits per heavy atom. The van der Waals surface area contributed by atoms with Crippen molar-refractivity contribution in [3.05, 3.63) is 0 Å². The first-order chi connectivity index (χ1) is 5.54. The number of rotatable bonds is 6. The third-order valence-corrected chi connectivity index (χ3v) is 1.26. The van der Waals surface area contributed by atoms with Crippen LogP contribution in [0.3, 0.4) is 0 Å². The molecule has 0 saturated carbocycles. The van der Waals surface area contributed by atoms with Gasteiger partial charge >= 0.3 is 0 Å². The van der Waals surface area contributed by atoms with Crippen molar-refractivity contribution in [1.82, 2.24) is 0 Å². The molecule has 0 aliphatic carbocycles. The number of carbonyl (C=O) groups excluding carboxylic acids is 3. The summed E-state index contributed by atoms with van der Waals surface area (Å²) < 4.78 is 0. The molecular weight excluding hydrogens is 164 g/mol. The summed E-state index contributed by atoms with van der Waals surface area (Å²) in [4.78, 5) is 30.1. The van der Waals surface area contributed by atoms with E-state index in [4.69, 9.17) is 0 Å². The predicted octanol–water partition coefficient (Wildman–Crippen LogP) is -2.38. The maximum atomic E-state index is 10.4. The van der Waals surface area contributed by atoms with Gasteiger partial charge in [0, 0.05) is 12.4 Å². The van der Waals surface area contributed by atoms with Crippen LogP contribution in [0, 0.1) is 0 Å². The lowest BCUT2D eigenvalue weighted by Gasteiger charge is -2.01. The largest absolute Gasteiger partial charge is 0.550 e.